The summed E-state index contributed by atoms with van der Waals surface area (Å²) in [6.45, 7) is 5.84. The molecule has 1 unspecified atom stereocenters. The topological polar surface area (TPSA) is 98.9 Å². The summed E-state index contributed by atoms with van der Waals surface area (Å²) in [6, 6.07) is 16.2. The van der Waals surface area contributed by atoms with E-state index in [1.165, 1.54) is 12.1 Å². The first-order valence-electron chi connectivity index (χ1n) is 10.2. The number of benzene rings is 2. The minimum atomic E-state index is -0.210. The number of furan rings is 1. The summed E-state index contributed by atoms with van der Waals surface area (Å²) >= 11 is 0. The molecule has 1 atom stereocenters. The van der Waals surface area contributed by atoms with Crippen LogP contribution in [0.4, 0.5) is 0 Å². The van der Waals surface area contributed by atoms with Crippen molar-refractivity contribution < 1.29 is 14.3 Å². The fourth-order valence-electron chi connectivity index (χ4n) is 3.03. The highest BCUT2D eigenvalue weighted by Gasteiger charge is 2.13. The SMILES string of the molecule is CCNC(=NCCCNC(=O)c1cccc(O)c1)NC(C)c1cc2ccccc2o1.I. The highest BCUT2D eigenvalue weighted by molar-refractivity contribution is 14.0. The fourth-order valence-corrected chi connectivity index (χ4v) is 3.03. The molecule has 31 heavy (non-hydrogen) atoms. The lowest BCUT2D eigenvalue weighted by Gasteiger charge is -2.16. The molecule has 1 aromatic heterocycles. The van der Waals surface area contributed by atoms with Crippen LogP contribution in [0.15, 0.2) is 64.0 Å². The molecule has 3 aromatic rings. The molecule has 0 saturated heterocycles. The van der Waals surface area contributed by atoms with Gasteiger partial charge in [0.2, 0.25) is 0 Å². The van der Waals surface area contributed by atoms with Gasteiger partial charge in [0.25, 0.3) is 5.91 Å². The van der Waals surface area contributed by atoms with Crippen LogP contribution in [0.1, 0.15) is 42.4 Å². The van der Waals surface area contributed by atoms with E-state index in [-0.39, 0.29) is 41.7 Å². The second-order valence-electron chi connectivity index (χ2n) is 6.97. The van der Waals surface area contributed by atoms with Gasteiger partial charge in [0.05, 0.1) is 6.04 Å². The fraction of sp³-hybridized carbons (Fsp3) is 0.304. The summed E-state index contributed by atoms with van der Waals surface area (Å²) in [5, 5.41) is 20.0. The third kappa shape index (κ3) is 7.16. The van der Waals surface area contributed by atoms with Crippen LogP contribution in [-0.2, 0) is 0 Å². The van der Waals surface area contributed by atoms with Crippen molar-refractivity contribution in [3.8, 4) is 5.75 Å². The molecule has 2 aromatic carbocycles. The zero-order valence-electron chi connectivity index (χ0n) is 17.7. The van der Waals surface area contributed by atoms with Crippen molar-refractivity contribution in [3.05, 3.63) is 65.9 Å². The van der Waals surface area contributed by atoms with Crippen LogP contribution in [0, 0.1) is 0 Å². The number of amides is 1. The van der Waals surface area contributed by atoms with Gasteiger partial charge >= 0.3 is 0 Å². The van der Waals surface area contributed by atoms with Crippen molar-refractivity contribution in [1.29, 1.82) is 0 Å². The lowest BCUT2D eigenvalue weighted by atomic mass is 10.2. The zero-order chi connectivity index (χ0) is 21.3. The molecule has 0 aliphatic carbocycles. The Bertz CT molecular complexity index is 986. The van der Waals surface area contributed by atoms with Gasteiger partial charge in [-0.05, 0) is 50.6 Å². The Hall–Kier alpha value is -2.75. The number of hydrogen-bond acceptors (Lipinski definition) is 4. The predicted molar refractivity (Wildman–Crippen MR) is 134 cm³/mol. The second-order valence-corrected chi connectivity index (χ2v) is 6.97. The summed E-state index contributed by atoms with van der Waals surface area (Å²) in [7, 11) is 0. The molecule has 0 fully saturated rings. The molecule has 0 spiro atoms. The molecule has 1 heterocycles. The molecule has 0 saturated carbocycles. The third-order valence-corrected chi connectivity index (χ3v) is 4.57. The quantitative estimate of drug-likeness (QED) is 0.150. The first kappa shape index (κ1) is 24.5. The van der Waals surface area contributed by atoms with Crippen molar-refractivity contribution >= 4 is 46.8 Å². The Morgan fingerprint density at radius 2 is 1.94 bits per heavy atom. The number of aromatic hydroxyl groups is 1. The number of para-hydroxylation sites is 1. The van der Waals surface area contributed by atoms with Gasteiger partial charge in [-0.15, -0.1) is 24.0 Å². The van der Waals surface area contributed by atoms with Crippen molar-refractivity contribution in [3.63, 3.8) is 0 Å². The smallest absolute Gasteiger partial charge is 0.251 e. The Balaban J connectivity index is 0.00000341. The lowest BCUT2D eigenvalue weighted by Crippen LogP contribution is -2.38. The van der Waals surface area contributed by atoms with Gasteiger partial charge in [0.15, 0.2) is 5.96 Å². The number of aliphatic imine (C=N–C) groups is 1. The number of halogens is 1. The molecule has 0 radical (unpaired) electrons. The number of guanidine groups is 1. The Kier molecular flexibility index (Phi) is 9.64. The van der Waals surface area contributed by atoms with Gasteiger partial charge in [-0.1, -0.05) is 24.3 Å². The van der Waals surface area contributed by atoms with E-state index in [2.05, 4.69) is 20.9 Å². The van der Waals surface area contributed by atoms with E-state index in [0.29, 0.717) is 31.0 Å². The molecule has 1 amide bonds. The van der Waals surface area contributed by atoms with Gasteiger partial charge in [0, 0.05) is 30.6 Å². The van der Waals surface area contributed by atoms with Gasteiger partial charge in [-0.25, -0.2) is 0 Å². The van der Waals surface area contributed by atoms with Crippen molar-refractivity contribution in [1.82, 2.24) is 16.0 Å². The number of phenols is 1. The highest BCUT2D eigenvalue weighted by atomic mass is 127. The number of fused-ring (bicyclic) bond motifs is 1. The number of nitrogens with one attached hydrogen (secondary N) is 3. The summed E-state index contributed by atoms with van der Waals surface area (Å²) in [6.07, 6.45) is 0.695. The molecule has 8 heteroatoms. The largest absolute Gasteiger partial charge is 0.508 e. The van der Waals surface area contributed by atoms with Crippen LogP contribution in [0.5, 0.6) is 5.75 Å². The number of carbonyl (C=O) groups is 1. The van der Waals surface area contributed by atoms with E-state index in [0.717, 1.165) is 23.3 Å². The summed E-state index contributed by atoms with van der Waals surface area (Å²) in [4.78, 5) is 16.7. The van der Waals surface area contributed by atoms with Gasteiger partial charge in [0.1, 0.15) is 17.1 Å². The van der Waals surface area contributed by atoms with Crippen LogP contribution in [0.25, 0.3) is 11.0 Å². The van der Waals surface area contributed by atoms with Crippen molar-refractivity contribution in [2.75, 3.05) is 19.6 Å². The highest BCUT2D eigenvalue weighted by Crippen LogP contribution is 2.23. The predicted octanol–water partition coefficient (Wildman–Crippen LogP) is 4.19. The monoisotopic (exact) mass is 536 g/mol. The number of hydrogen-bond donors (Lipinski definition) is 4. The number of phenolic OH excluding ortho intramolecular Hbond substituents is 1. The van der Waals surface area contributed by atoms with E-state index < -0.39 is 0 Å². The molecule has 7 nitrogen and oxygen atoms in total. The van der Waals surface area contributed by atoms with Crippen LogP contribution in [0.3, 0.4) is 0 Å². The molecule has 166 valence electrons. The van der Waals surface area contributed by atoms with Crippen LogP contribution < -0.4 is 16.0 Å². The standard InChI is InChI=1S/C23H28N4O3.HI/c1-3-24-23(27-16(2)21-15-17-8-4-5-11-20(17)30-21)26-13-7-12-25-22(29)18-9-6-10-19(28)14-18;/h4-6,8-11,14-16,28H,3,7,12-13H2,1-2H3,(H,25,29)(H2,24,26,27);1H. The zero-order valence-corrected chi connectivity index (χ0v) is 20.1. The van der Waals surface area contributed by atoms with E-state index in [1.54, 1.807) is 12.1 Å². The Morgan fingerprint density at radius 1 is 1.13 bits per heavy atom. The van der Waals surface area contributed by atoms with Crippen molar-refractivity contribution in [2.24, 2.45) is 4.99 Å². The Morgan fingerprint density at radius 3 is 2.68 bits per heavy atom. The Labute approximate surface area is 199 Å². The average Bonchev–Trinajstić information content (AvgIpc) is 3.18. The maximum absolute atomic E-state index is 12.1. The number of carbonyl (C=O) groups excluding carboxylic acids is 1. The summed E-state index contributed by atoms with van der Waals surface area (Å²) < 4.78 is 5.92. The first-order chi connectivity index (χ1) is 14.6. The van der Waals surface area contributed by atoms with Crippen molar-refractivity contribution in [2.45, 2.75) is 26.3 Å². The molecule has 0 aliphatic rings. The maximum atomic E-state index is 12.1. The van der Waals surface area contributed by atoms with Crippen LogP contribution in [-0.4, -0.2) is 36.6 Å². The van der Waals surface area contributed by atoms with E-state index in [1.807, 2.05) is 44.2 Å². The van der Waals surface area contributed by atoms with Gasteiger partial charge in [-0.3, -0.25) is 9.79 Å². The molecule has 4 N–H and O–H groups in total. The molecule has 3 rings (SSSR count). The van der Waals surface area contributed by atoms with E-state index >= 15 is 0 Å². The molecule has 0 bridgehead atoms. The first-order valence-corrected chi connectivity index (χ1v) is 10.2. The van der Waals surface area contributed by atoms with E-state index in [9.17, 15) is 9.90 Å². The number of nitrogens with zero attached hydrogens (tertiary/aromatic N) is 1. The molecule has 0 aliphatic heterocycles. The summed E-state index contributed by atoms with van der Waals surface area (Å²) in [5.41, 5.74) is 1.30. The van der Waals surface area contributed by atoms with Crippen LogP contribution >= 0.6 is 24.0 Å². The van der Waals surface area contributed by atoms with Crippen LogP contribution in [0.2, 0.25) is 0 Å². The van der Waals surface area contributed by atoms with Gasteiger partial charge < -0.3 is 25.5 Å². The molecular formula is C23H29IN4O3. The average molecular weight is 536 g/mol. The second kappa shape index (κ2) is 12.2. The maximum Gasteiger partial charge on any atom is 0.251 e. The summed E-state index contributed by atoms with van der Waals surface area (Å²) in [5.74, 6) is 1.41. The third-order valence-electron chi connectivity index (χ3n) is 4.57. The van der Waals surface area contributed by atoms with E-state index in [4.69, 9.17) is 4.42 Å². The van der Waals surface area contributed by atoms with Gasteiger partial charge in [-0.2, -0.15) is 0 Å². The minimum absolute atomic E-state index is 0. The number of rotatable bonds is 8. The lowest BCUT2D eigenvalue weighted by molar-refractivity contribution is 0.0953. The molecular weight excluding hydrogens is 507 g/mol. The minimum Gasteiger partial charge on any atom is -0.508 e. The normalized spacial score (nSPS) is 12.1.